The highest BCUT2D eigenvalue weighted by atomic mass is 127. The summed E-state index contributed by atoms with van der Waals surface area (Å²) in [6.07, 6.45) is -0.803. The number of halogens is 1. The molecule has 2 rings (SSSR count). The van der Waals surface area contributed by atoms with Crippen molar-refractivity contribution in [2.75, 3.05) is 0 Å². The fourth-order valence-electron chi connectivity index (χ4n) is 1.73. The van der Waals surface area contributed by atoms with E-state index in [9.17, 15) is 9.59 Å². The lowest BCUT2D eigenvalue weighted by atomic mass is 10.1. The van der Waals surface area contributed by atoms with Gasteiger partial charge in [-0.15, -0.1) is 0 Å². The van der Waals surface area contributed by atoms with Gasteiger partial charge in [0, 0.05) is 9.13 Å². The van der Waals surface area contributed by atoms with Crippen LogP contribution < -0.4 is 0 Å². The Morgan fingerprint density at radius 2 is 1.65 bits per heavy atom. The van der Waals surface area contributed by atoms with Gasteiger partial charge in [0.25, 0.3) is 0 Å². The highest BCUT2D eigenvalue weighted by Gasteiger charge is 2.20. The summed E-state index contributed by atoms with van der Waals surface area (Å²) in [5.74, 6) is -0.690. The normalized spacial score (nSPS) is 11.7. The zero-order chi connectivity index (χ0) is 14.5. The second kappa shape index (κ2) is 6.65. The maximum absolute atomic E-state index is 12.1. The van der Waals surface area contributed by atoms with Crippen LogP contribution in [0.2, 0.25) is 0 Å². The lowest BCUT2D eigenvalue weighted by Gasteiger charge is -2.12. The lowest BCUT2D eigenvalue weighted by Crippen LogP contribution is -2.24. The maximum atomic E-state index is 12.1. The van der Waals surface area contributed by atoms with E-state index in [1.165, 1.54) is 0 Å². The van der Waals surface area contributed by atoms with Gasteiger partial charge in [0.05, 0.1) is 5.56 Å². The number of hydrogen-bond acceptors (Lipinski definition) is 3. The first-order valence-corrected chi connectivity index (χ1v) is 7.21. The van der Waals surface area contributed by atoms with Crippen molar-refractivity contribution in [1.82, 2.24) is 0 Å². The van der Waals surface area contributed by atoms with Crippen molar-refractivity contribution in [3.8, 4) is 0 Å². The summed E-state index contributed by atoms with van der Waals surface area (Å²) in [4.78, 5) is 24.1. The first-order chi connectivity index (χ1) is 9.58. The van der Waals surface area contributed by atoms with Crippen LogP contribution in [-0.4, -0.2) is 17.9 Å². The molecule has 3 nitrogen and oxygen atoms in total. The van der Waals surface area contributed by atoms with Gasteiger partial charge >= 0.3 is 5.97 Å². The van der Waals surface area contributed by atoms with Crippen LogP contribution in [0.15, 0.2) is 54.6 Å². The lowest BCUT2D eigenvalue weighted by molar-refractivity contribution is 0.0318. The fraction of sp³-hybridized carbons (Fsp3) is 0.125. The Balaban J connectivity index is 2.06. The van der Waals surface area contributed by atoms with Crippen LogP contribution in [0.1, 0.15) is 27.6 Å². The molecular weight excluding hydrogens is 367 g/mol. The molecule has 2 aromatic carbocycles. The average molecular weight is 380 g/mol. The van der Waals surface area contributed by atoms with Crippen molar-refractivity contribution in [2.45, 2.75) is 13.0 Å². The molecule has 0 amide bonds. The molecule has 20 heavy (non-hydrogen) atoms. The molecule has 0 aliphatic carbocycles. The topological polar surface area (TPSA) is 43.4 Å². The van der Waals surface area contributed by atoms with Crippen molar-refractivity contribution in [1.29, 1.82) is 0 Å². The van der Waals surface area contributed by atoms with Crippen LogP contribution in [0.5, 0.6) is 0 Å². The van der Waals surface area contributed by atoms with Crippen LogP contribution in [0.3, 0.4) is 0 Å². The number of esters is 1. The molecular formula is C16H13IO3. The van der Waals surface area contributed by atoms with E-state index >= 15 is 0 Å². The highest BCUT2D eigenvalue weighted by Crippen LogP contribution is 2.12. The van der Waals surface area contributed by atoms with Crippen LogP contribution in [-0.2, 0) is 4.74 Å². The number of Topliss-reactive ketones (excluding diaryl/α,β-unsaturated/α-hetero) is 1. The van der Waals surface area contributed by atoms with E-state index in [0.717, 1.165) is 3.57 Å². The molecule has 2 aromatic rings. The van der Waals surface area contributed by atoms with Crippen molar-refractivity contribution in [3.05, 3.63) is 69.3 Å². The number of carbonyl (C=O) groups is 2. The molecule has 1 atom stereocenters. The van der Waals surface area contributed by atoms with E-state index < -0.39 is 12.1 Å². The second-order valence-electron chi connectivity index (χ2n) is 4.29. The van der Waals surface area contributed by atoms with Gasteiger partial charge in [-0.25, -0.2) is 4.79 Å². The first kappa shape index (κ1) is 14.7. The Hall–Kier alpha value is -1.69. The molecule has 0 aromatic heterocycles. The minimum absolute atomic E-state index is 0.204. The maximum Gasteiger partial charge on any atom is 0.338 e. The van der Waals surface area contributed by atoms with Crippen LogP contribution in [0.25, 0.3) is 0 Å². The third-order valence-electron chi connectivity index (χ3n) is 2.77. The van der Waals surface area contributed by atoms with Gasteiger partial charge < -0.3 is 4.74 Å². The number of hydrogen-bond donors (Lipinski definition) is 0. The number of carbonyl (C=O) groups excluding carboxylic acids is 2. The first-order valence-electron chi connectivity index (χ1n) is 6.14. The van der Waals surface area contributed by atoms with E-state index in [0.29, 0.717) is 11.1 Å². The predicted octanol–water partition coefficient (Wildman–Crippen LogP) is 3.72. The molecule has 0 bridgehead atoms. The minimum Gasteiger partial charge on any atom is -0.451 e. The second-order valence-corrected chi connectivity index (χ2v) is 5.53. The number of rotatable bonds is 4. The van der Waals surface area contributed by atoms with E-state index in [1.807, 2.05) is 12.1 Å². The molecule has 4 heteroatoms. The molecule has 102 valence electrons. The Labute approximate surface area is 131 Å². The molecule has 0 aliphatic heterocycles. The van der Waals surface area contributed by atoms with Gasteiger partial charge in [0.15, 0.2) is 6.10 Å². The summed E-state index contributed by atoms with van der Waals surface area (Å²) in [5.41, 5.74) is 0.986. The molecule has 0 aliphatic rings. The summed E-state index contributed by atoms with van der Waals surface area (Å²) in [5, 5.41) is 0. The fourth-order valence-corrected chi connectivity index (χ4v) is 2.28. The van der Waals surface area contributed by atoms with Crippen LogP contribution in [0, 0.1) is 3.57 Å². The SMILES string of the molecule is CC(OC(=O)c1cccc(I)c1)C(=O)c1ccccc1. The molecule has 0 fully saturated rings. The summed E-state index contributed by atoms with van der Waals surface area (Å²) in [7, 11) is 0. The summed E-state index contributed by atoms with van der Waals surface area (Å²) in [6.45, 7) is 1.58. The van der Waals surface area contributed by atoms with Crippen LogP contribution >= 0.6 is 22.6 Å². The molecule has 0 N–H and O–H groups in total. The predicted molar refractivity (Wildman–Crippen MR) is 84.8 cm³/mol. The van der Waals surface area contributed by atoms with E-state index in [-0.39, 0.29) is 5.78 Å². The Morgan fingerprint density at radius 3 is 2.30 bits per heavy atom. The molecule has 0 saturated carbocycles. The molecule has 0 radical (unpaired) electrons. The Bertz CT molecular complexity index is 623. The number of ether oxygens (including phenoxy) is 1. The monoisotopic (exact) mass is 380 g/mol. The highest BCUT2D eigenvalue weighted by molar-refractivity contribution is 14.1. The summed E-state index contributed by atoms with van der Waals surface area (Å²) < 4.78 is 6.16. The molecule has 0 saturated heterocycles. The van der Waals surface area contributed by atoms with Gasteiger partial charge in [-0.05, 0) is 47.7 Å². The van der Waals surface area contributed by atoms with Crippen molar-refractivity contribution < 1.29 is 14.3 Å². The largest absolute Gasteiger partial charge is 0.451 e. The quantitative estimate of drug-likeness (QED) is 0.461. The van der Waals surface area contributed by atoms with E-state index in [4.69, 9.17) is 4.74 Å². The van der Waals surface area contributed by atoms with E-state index in [2.05, 4.69) is 22.6 Å². The van der Waals surface area contributed by atoms with Gasteiger partial charge in [0.2, 0.25) is 5.78 Å². The third kappa shape index (κ3) is 3.66. The number of benzene rings is 2. The zero-order valence-corrected chi connectivity index (χ0v) is 13.0. The zero-order valence-electron chi connectivity index (χ0n) is 10.9. The summed E-state index contributed by atoms with van der Waals surface area (Å²) >= 11 is 2.12. The van der Waals surface area contributed by atoms with Crippen molar-refractivity contribution in [3.63, 3.8) is 0 Å². The van der Waals surface area contributed by atoms with Gasteiger partial charge in [-0.2, -0.15) is 0 Å². The third-order valence-corrected chi connectivity index (χ3v) is 3.44. The average Bonchev–Trinajstić information content (AvgIpc) is 2.47. The summed E-state index contributed by atoms with van der Waals surface area (Å²) in [6, 6.07) is 15.9. The molecule has 0 spiro atoms. The van der Waals surface area contributed by atoms with Gasteiger partial charge in [-0.3, -0.25) is 4.79 Å². The van der Waals surface area contributed by atoms with Crippen molar-refractivity contribution in [2.24, 2.45) is 0 Å². The van der Waals surface area contributed by atoms with E-state index in [1.54, 1.807) is 49.4 Å². The smallest absolute Gasteiger partial charge is 0.338 e. The Kier molecular flexibility index (Phi) is 4.89. The molecule has 1 unspecified atom stereocenters. The molecule has 0 heterocycles. The standard InChI is InChI=1S/C16H13IO3/c1-11(15(18)12-6-3-2-4-7-12)20-16(19)13-8-5-9-14(17)10-13/h2-11H,1H3. The van der Waals surface area contributed by atoms with Gasteiger partial charge in [-0.1, -0.05) is 36.4 Å². The Morgan fingerprint density at radius 1 is 1.00 bits per heavy atom. The van der Waals surface area contributed by atoms with Gasteiger partial charge in [0.1, 0.15) is 0 Å². The van der Waals surface area contributed by atoms with Crippen molar-refractivity contribution >= 4 is 34.3 Å². The minimum atomic E-state index is -0.803. The van der Waals surface area contributed by atoms with Crippen LogP contribution in [0.4, 0.5) is 0 Å². The number of ketones is 1.